The second kappa shape index (κ2) is 6.45. The lowest BCUT2D eigenvalue weighted by Crippen LogP contribution is -2.21. The van der Waals surface area contributed by atoms with Crippen molar-refractivity contribution in [2.45, 2.75) is 46.1 Å². The summed E-state index contributed by atoms with van der Waals surface area (Å²) < 4.78 is 5.85. The number of aliphatic hydroxyl groups is 1. The fourth-order valence-electron chi connectivity index (χ4n) is 3.38. The molecule has 2 heteroatoms. The SMILES string of the molecule is Cc1cc(OCCC(C)(C)O)cc(C)c1-c1cccc2c1CC=C2. The third-order valence-corrected chi connectivity index (χ3v) is 4.59. The molecule has 0 saturated heterocycles. The first-order chi connectivity index (χ1) is 11.3. The summed E-state index contributed by atoms with van der Waals surface area (Å²) in [5.41, 5.74) is 7.15. The fourth-order valence-corrected chi connectivity index (χ4v) is 3.38. The highest BCUT2D eigenvalue weighted by Crippen LogP contribution is 2.36. The van der Waals surface area contributed by atoms with Gasteiger partial charge in [0.15, 0.2) is 0 Å². The Morgan fingerprint density at radius 1 is 1.12 bits per heavy atom. The topological polar surface area (TPSA) is 29.5 Å². The molecule has 0 aliphatic heterocycles. The van der Waals surface area contributed by atoms with Crippen LogP contribution < -0.4 is 4.74 Å². The van der Waals surface area contributed by atoms with E-state index in [1.54, 1.807) is 13.8 Å². The Balaban J connectivity index is 1.88. The van der Waals surface area contributed by atoms with Gasteiger partial charge in [-0.25, -0.2) is 0 Å². The van der Waals surface area contributed by atoms with E-state index >= 15 is 0 Å². The van der Waals surface area contributed by atoms with Gasteiger partial charge in [0.2, 0.25) is 0 Å². The minimum Gasteiger partial charge on any atom is -0.493 e. The summed E-state index contributed by atoms with van der Waals surface area (Å²) in [6.07, 6.45) is 6.06. The van der Waals surface area contributed by atoms with Gasteiger partial charge in [-0.3, -0.25) is 0 Å². The molecule has 24 heavy (non-hydrogen) atoms. The minimum atomic E-state index is -0.693. The fraction of sp³-hybridized carbons (Fsp3) is 0.364. The highest BCUT2D eigenvalue weighted by atomic mass is 16.5. The van der Waals surface area contributed by atoms with E-state index < -0.39 is 5.60 Å². The molecule has 0 radical (unpaired) electrons. The van der Waals surface area contributed by atoms with Crippen LogP contribution in [-0.2, 0) is 6.42 Å². The number of rotatable bonds is 5. The molecule has 2 aromatic rings. The molecule has 0 aromatic heterocycles. The first kappa shape index (κ1) is 16.8. The van der Waals surface area contributed by atoms with Gasteiger partial charge < -0.3 is 9.84 Å². The summed E-state index contributed by atoms with van der Waals surface area (Å²) in [5, 5.41) is 9.80. The van der Waals surface area contributed by atoms with Crippen molar-refractivity contribution in [2.75, 3.05) is 6.61 Å². The van der Waals surface area contributed by atoms with Gasteiger partial charge in [-0.1, -0.05) is 30.4 Å². The Kier molecular flexibility index (Phi) is 4.51. The first-order valence-electron chi connectivity index (χ1n) is 8.60. The summed E-state index contributed by atoms with van der Waals surface area (Å²) >= 11 is 0. The van der Waals surface area contributed by atoms with E-state index in [0.717, 1.165) is 12.2 Å². The molecule has 0 unspecified atom stereocenters. The lowest BCUT2D eigenvalue weighted by molar-refractivity contribution is 0.0553. The van der Waals surface area contributed by atoms with Gasteiger partial charge in [0.1, 0.15) is 5.75 Å². The largest absolute Gasteiger partial charge is 0.493 e. The molecule has 0 spiro atoms. The van der Waals surface area contributed by atoms with Crippen molar-refractivity contribution in [1.82, 2.24) is 0 Å². The number of hydrogen-bond acceptors (Lipinski definition) is 2. The van der Waals surface area contributed by atoms with Gasteiger partial charge in [0, 0.05) is 6.42 Å². The van der Waals surface area contributed by atoms with Gasteiger partial charge in [-0.05, 0) is 79.6 Å². The van der Waals surface area contributed by atoms with E-state index in [9.17, 15) is 5.11 Å². The van der Waals surface area contributed by atoms with Crippen LogP contribution in [0.5, 0.6) is 5.75 Å². The zero-order valence-corrected chi connectivity index (χ0v) is 15.0. The maximum absolute atomic E-state index is 9.80. The molecule has 3 rings (SSSR count). The molecule has 0 saturated carbocycles. The van der Waals surface area contributed by atoms with E-state index in [2.05, 4.69) is 56.3 Å². The summed E-state index contributed by atoms with van der Waals surface area (Å²) in [6.45, 7) is 8.42. The van der Waals surface area contributed by atoms with Crippen LogP contribution in [-0.4, -0.2) is 17.3 Å². The number of hydrogen-bond donors (Lipinski definition) is 1. The molecule has 0 fully saturated rings. The molecule has 1 N–H and O–H groups in total. The normalized spacial score (nSPS) is 13.2. The van der Waals surface area contributed by atoms with E-state index in [4.69, 9.17) is 4.74 Å². The molecule has 1 aliphatic rings. The second-order valence-corrected chi connectivity index (χ2v) is 7.32. The van der Waals surface area contributed by atoms with Crippen LogP contribution >= 0.6 is 0 Å². The number of ether oxygens (including phenoxy) is 1. The van der Waals surface area contributed by atoms with Crippen LogP contribution in [0.2, 0.25) is 0 Å². The molecule has 1 aliphatic carbocycles. The highest BCUT2D eigenvalue weighted by Gasteiger charge is 2.16. The third kappa shape index (κ3) is 3.54. The zero-order valence-electron chi connectivity index (χ0n) is 15.0. The molecule has 0 heterocycles. The van der Waals surface area contributed by atoms with Crippen molar-refractivity contribution in [2.24, 2.45) is 0 Å². The average molecular weight is 322 g/mol. The van der Waals surface area contributed by atoms with Crippen LogP contribution in [0.25, 0.3) is 17.2 Å². The third-order valence-electron chi connectivity index (χ3n) is 4.59. The predicted molar refractivity (Wildman–Crippen MR) is 100 cm³/mol. The summed E-state index contributed by atoms with van der Waals surface area (Å²) in [6, 6.07) is 10.7. The smallest absolute Gasteiger partial charge is 0.119 e. The molecular weight excluding hydrogens is 296 g/mol. The van der Waals surface area contributed by atoms with Crippen LogP contribution in [0.15, 0.2) is 36.4 Å². The lowest BCUT2D eigenvalue weighted by atomic mass is 9.90. The number of fused-ring (bicyclic) bond motifs is 1. The number of aryl methyl sites for hydroxylation is 2. The van der Waals surface area contributed by atoms with E-state index in [-0.39, 0.29) is 0 Å². The van der Waals surface area contributed by atoms with Gasteiger partial charge >= 0.3 is 0 Å². The van der Waals surface area contributed by atoms with E-state index in [1.807, 2.05) is 0 Å². The van der Waals surface area contributed by atoms with Crippen molar-refractivity contribution >= 4 is 6.08 Å². The molecule has 0 atom stereocenters. The van der Waals surface area contributed by atoms with Gasteiger partial charge in [-0.15, -0.1) is 0 Å². The first-order valence-corrected chi connectivity index (χ1v) is 8.60. The average Bonchev–Trinajstić information content (AvgIpc) is 2.94. The highest BCUT2D eigenvalue weighted by molar-refractivity contribution is 5.79. The summed E-state index contributed by atoms with van der Waals surface area (Å²) in [4.78, 5) is 0. The van der Waals surface area contributed by atoms with Crippen LogP contribution in [0.3, 0.4) is 0 Å². The van der Waals surface area contributed by atoms with Gasteiger partial charge in [-0.2, -0.15) is 0 Å². The molecule has 0 amide bonds. The van der Waals surface area contributed by atoms with Crippen LogP contribution in [0.1, 0.15) is 42.5 Å². The zero-order chi connectivity index (χ0) is 17.3. The van der Waals surface area contributed by atoms with E-state index in [0.29, 0.717) is 13.0 Å². The Morgan fingerprint density at radius 3 is 2.50 bits per heavy atom. The standard InChI is InChI=1S/C22H26O2/c1-15-13-18(24-12-11-22(3,4)23)14-16(2)21(15)20-10-6-8-17-7-5-9-19(17)20/h5-8,10,13-14,23H,9,11-12H2,1-4H3. The molecule has 2 nitrogen and oxygen atoms in total. The van der Waals surface area contributed by atoms with Crippen molar-refractivity contribution < 1.29 is 9.84 Å². The second-order valence-electron chi connectivity index (χ2n) is 7.32. The van der Waals surface area contributed by atoms with Crippen molar-refractivity contribution in [1.29, 1.82) is 0 Å². The van der Waals surface area contributed by atoms with Crippen molar-refractivity contribution in [3.05, 3.63) is 58.7 Å². The van der Waals surface area contributed by atoms with E-state index in [1.165, 1.54) is 33.4 Å². The monoisotopic (exact) mass is 322 g/mol. The maximum Gasteiger partial charge on any atom is 0.119 e. The van der Waals surface area contributed by atoms with Gasteiger partial charge in [0.25, 0.3) is 0 Å². The molecule has 2 aromatic carbocycles. The predicted octanol–water partition coefficient (Wildman–Crippen LogP) is 5.08. The van der Waals surface area contributed by atoms with Crippen molar-refractivity contribution in [3.8, 4) is 16.9 Å². The number of benzene rings is 2. The number of allylic oxidation sites excluding steroid dienone is 1. The summed E-state index contributed by atoms with van der Waals surface area (Å²) in [7, 11) is 0. The Labute approximate surface area is 144 Å². The Bertz CT molecular complexity index is 756. The molecular formula is C22H26O2. The molecule has 126 valence electrons. The Hall–Kier alpha value is -2.06. The van der Waals surface area contributed by atoms with Crippen LogP contribution in [0, 0.1) is 13.8 Å². The van der Waals surface area contributed by atoms with Crippen molar-refractivity contribution in [3.63, 3.8) is 0 Å². The van der Waals surface area contributed by atoms with Gasteiger partial charge in [0.05, 0.1) is 12.2 Å². The summed E-state index contributed by atoms with van der Waals surface area (Å²) in [5.74, 6) is 0.878. The molecule has 0 bridgehead atoms. The Morgan fingerprint density at radius 2 is 1.83 bits per heavy atom. The lowest BCUT2D eigenvalue weighted by Gasteiger charge is -2.19. The minimum absolute atomic E-state index is 0.520. The quantitative estimate of drug-likeness (QED) is 0.832. The maximum atomic E-state index is 9.80. The van der Waals surface area contributed by atoms with Crippen LogP contribution in [0.4, 0.5) is 0 Å².